The number of nitriles is 1. The Labute approximate surface area is 102 Å². The molecule has 0 unspecified atom stereocenters. The number of halogens is 2. The number of ether oxygens (including phenoxy) is 1. The quantitative estimate of drug-likeness (QED) is 0.827. The van der Waals surface area contributed by atoms with Crippen LogP contribution in [0.5, 0.6) is 11.5 Å². The second kappa shape index (κ2) is 4.72. The fraction of sp³-hybridized carbons (Fsp3) is 0. The van der Waals surface area contributed by atoms with Gasteiger partial charge in [-0.2, -0.15) is 5.26 Å². The zero-order chi connectivity index (χ0) is 13.1. The molecule has 0 aromatic heterocycles. The van der Waals surface area contributed by atoms with Gasteiger partial charge in [-0.1, -0.05) is 6.07 Å². The highest BCUT2D eigenvalue weighted by Crippen LogP contribution is 2.30. The van der Waals surface area contributed by atoms with Gasteiger partial charge in [0.1, 0.15) is 17.3 Å². The van der Waals surface area contributed by atoms with E-state index >= 15 is 0 Å². The molecule has 0 radical (unpaired) electrons. The predicted molar refractivity (Wildman–Crippen MR) is 62.0 cm³/mol. The highest BCUT2D eigenvalue weighted by Gasteiger charge is 2.10. The van der Waals surface area contributed by atoms with Crippen molar-refractivity contribution in [2.45, 2.75) is 0 Å². The molecular formula is C13H8F2N2O. The average Bonchev–Trinajstić information content (AvgIpc) is 2.35. The van der Waals surface area contributed by atoms with Crippen LogP contribution in [0.4, 0.5) is 14.5 Å². The number of nitrogen functional groups attached to an aromatic ring is 1. The Hall–Kier alpha value is -2.61. The molecule has 2 aromatic carbocycles. The molecule has 0 spiro atoms. The van der Waals surface area contributed by atoms with Gasteiger partial charge >= 0.3 is 0 Å². The summed E-state index contributed by atoms with van der Waals surface area (Å²) in [5.74, 6) is -1.51. The van der Waals surface area contributed by atoms with E-state index in [0.29, 0.717) is 11.6 Å². The highest BCUT2D eigenvalue weighted by atomic mass is 19.1. The van der Waals surface area contributed by atoms with Crippen LogP contribution < -0.4 is 10.5 Å². The summed E-state index contributed by atoms with van der Waals surface area (Å²) in [6, 6.07) is 9.78. The Morgan fingerprint density at radius 2 is 1.94 bits per heavy atom. The number of hydrogen-bond acceptors (Lipinski definition) is 3. The van der Waals surface area contributed by atoms with Crippen molar-refractivity contribution in [3.05, 3.63) is 53.6 Å². The summed E-state index contributed by atoms with van der Waals surface area (Å²) in [5.41, 5.74) is 5.54. The van der Waals surface area contributed by atoms with Gasteiger partial charge in [0.2, 0.25) is 0 Å². The number of rotatable bonds is 2. The predicted octanol–water partition coefficient (Wildman–Crippen LogP) is 3.21. The molecule has 18 heavy (non-hydrogen) atoms. The SMILES string of the molecule is N#Cc1cccc(Oc2cc(F)cc(F)c2N)c1. The molecule has 2 N–H and O–H groups in total. The third kappa shape index (κ3) is 2.38. The van der Waals surface area contributed by atoms with Crippen LogP contribution in [0.25, 0.3) is 0 Å². The lowest BCUT2D eigenvalue weighted by molar-refractivity contribution is 0.472. The monoisotopic (exact) mass is 246 g/mol. The first-order chi connectivity index (χ1) is 8.60. The summed E-state index contributed by atoms with van der Waals surface area (Å²) in [5, 5.41) is 8.72. The van der Waals surface area contributed by atoms with E-state index in [2.05, 4.69) is 0 Å². The van der Waals surface area contributed by atoms with Crippen molar-refractivity contribution in [2.75, 3.05) is 5.73 Å². The van der Waals surface area contributed by atoms with Crippen LogP contribution in [0.1, 0.15) is 5.56 Å². The maximum atomic E-state index is 13.2. The number of anilines is 1. The van der Waals surface area contributed by atoms with E-state index in [9.17, 15) is 8.78 Å². The average molecular weight is 246 g/mol. The minimum Gasteiger partial charge on any atom is -0.455 e. The van der Waals surface area contributed by atoms with Crippen LogP contribution >= 0.6 is 0 Å². The highest BCUT2D eigenvalue weighted by molar-refractivity contribution is 5.55. The normalized spacial score (nSPS) is 9.83. The molecule has 0 bridgehead atoms. The standard InChI is InChI=1S/C13H8F2N2O/c14-9-5-11(15)13(17)12(6-9)18-10-3-1-2-8(4-10)7-16/h1-6H,17H2. The van der Waals surface area contributed by atoms with Crippen LogP contribution in [0.15, 0.2) is 36.4 Å². The number of nitrogens with two attached hydrogens (primary N) is 1. The lowest BCUT2D eigenvalue weighted by Gasteiger charge is -2.09. The zero-order valence-electron chi connectivity index (χ0n) is 9.15. The van der Waals surface area contributed by atoms with E-state index in [0.717, 1.165) is 6.07 Å². The molecule has 0 amide bonds. The van der Waals surface area contributed by atoms with Crippen molar-refractivity contribution in [1.82, 2.24) is 0 Å². The minimum atomic E-state index is -0.888. The summed E-state index contributed by atoms with van der Waals surface area (Å²) >= 11 is 0. The molecule has 90 valence electrons. The van der Waals surface area contributed by atoms with Gasteiger partial charge in [-0.25, -0.2) is 8.78 Å². The van der Waals surface area contributed by atoms with E-state index in [1.165, 1.54) is 6.07 Å². The van der Waals surface area contributed by atoms with Crippen LogP contribution in [0.2, 0.25) is 0 Å². The third-order valence-electron chi connectivity index (χ3n) is 2.25. The molecule has 0 saturated heterocycles. The van der Waals surface area contributed by atoms with Gasteiger partial charge in [-0.15, -0.1) is 0 Å². The topological polar surface area (TPSA) is 59.0 Å². The Kier molecular flexibility index (Phi) is 3.11. The van der Waals surface area contributed by atoms with E-state index in [1.807, 2.05) is 6.07 Å². The summed E-state index contributed by atoms with van der Waals surface area (Å²) in [4.78, 5) is 0. The van der Waals surface area contributed by atoms with Crippen LogP contribution in [0, 0.1) is 23.0 Å². The maximum Gasteiger partial charge on any atom is 0.156 e. The van der Waals surface area contributed by atoms with Gasteiger partial charge in [0.25, 0.3) is 0 Å². The van der Waals surface area contributed by atoms with Crippen LogP contribution in [-0.2, 0) is 0 Å². The maximum absolute atomic E-state index is 13.2. The summed E-state index contributed by atoms with van der Waals surface area (Å²) in [6.45, 7) is 0. The van der Waals surface area contributed by atoms with Crippen molar-refractivity contribution < 1.29 is 13.5 Å². The fourth-order valence-electron chi connectivity index (χ4n) is 1.40. The molecule has 0 aliphatic rings. The molecule has 0 fully saturated rings. The molecule has 2 aromatic rings. The van der Waals surface area contributed by atoms with E-state index in [-0.39, 0.29) is 17.2 Å². The molecule has 0 atom stereocenters. The van der Waals surface area contributed by atoms with Crippen LogP contribution in [-0.4, -0.2) is 0 Å². The molecule has 3 nitrogen and oxygen atoms in total. The zero-order valence-corrected chi connectivity index (χ0v) is 9.15. The molecule has 0 saturated carbocycles. The molecule has 0 heterocycles. The Morgan fingerprint density at radius 1 is 1.17 bits per heavy atom. The first-order valence-corrected chi connectivity index (χ1v) is 5.02. The fourth-order valence-corrected chi connectivity index (χ4v) is 1.40. The second-order valence-electron chi connectivity index (χ2n) is 3.54. The lowest BCUT2D eigenvalue weighted by Crippen LogP contribution is -1.97. The third-order valence-corrected chi connectivity index (χ3v) is 2.25. The van der Waals surface area contributed by atoms with Gasteiger partial charge < -0.3 is 10.5 Å². The van der Waals surface area contributed by atoms with Crippen molar-refractivity contribution >= 4 is 5.69 Å². The summed E-state index contributed by atoms with van der Waals surface area (Å²) in [6.07, 6.45) is 0. The summed E-state index contributed by atoms with van der Waals surface area (Å²) in [7, 11) is 0. The van der Waals surface area contributed by atoms with Crippen molar-refractivity contribution in [2.24, 2.45) is 0 Å². The molecule has 2 rings (SSSR count). The van der Waals surface area contributed by atoms with Gasteiger partial charge in [0, 0.05) is 12.1 Å². The van der Waals surface area contributed by atoms with Gasteiger partial charge in [-0.05, 0) is 18.2 Å². The minimum absolute atomic E-state index is 0.123. The molecule has 5 heteroatoms. The van der Waals surface area contributed by atoms with E-state index in [1.54, 1.807) is 18.2 Å². The summed E-state index contributed by atoms with van der Waals surface area (Å²) < 4.78 is 31.5. The first kappa shape index (κ1) is 11.9. The van der Waals surface area contributed by atoms with Gasteiger partial charge in [-0.3, -0.25) is 0 Å². The van der Waals surface area contributed by atoms with Crippen molar-refractivity contribution in [3.8, 4) is 17.6 Å². The Balaban J connectivity index is 2.37. The van der Waals surface area contributed by atoms with Gasteiger partial charge in [0.15, 0.2) is 11.6 Å². The van der Waals surface area contributed by atoms with Crippen LogP contribution in [0.3, 0.4) is 0 Å². The van der Waals surface area contributed by atoms with E-state index < -0.39 is 11.6 Å². The first-order valence-electron chi connectivity index (χ1n) is 5.02. The Morgan fingerprint density at radius 3 is 2.67 bits per heavy atom. The molecule has 0 aliphatic heterocycles. The lowest BCUT2D eigenvalue weighted by atomic mass is 10.2. The number of nitrogens with zero attached hydrogens (tertiary/aromatic N) is 1. The molecule has 0 aliphatic carbocycles. The largest absolute Gasteiger partial charge is 0.455 e. The Bertz CT molecular complexity index is 635. The second-order valence-corrected chi connectivity index (χ2v) is 3.54. The number of hydrogen-bond donors (Lipinski definition) is 1. The number of benzene rings is 2. The van der Waals surface area contributed by atoms with Crippen molar-refractivity contribution in [3.63, 3.8) is 0 Å². The van der Waals surface area contributed by atoms with Gasteiger partial charge in [0.05, 0.1) is 11.6 Å². The van der Waals surface area contributed by atoms with E-state index in [4.69, 9.17) is 15.7 Å². The van der Waals surface area contributed by atoms with Crippen molar-refractivity contribution in [1.29, 1.82) is 5.26 Å². The smallest absolute Gasteiger partial charge is 0.156 e. The molecular weight excluding hydrogens is 238 g/mol.